The molecule has 182 valence electrons. The minimum atomic E-state index is -1.04. The number of benzene rings is 1. The molecule has 0 aromatic heterocycles. The predicted molar refractivity (Wildman–Crippen MR) is 131 cm³/mol. The summed E-state index contributed by atoms with van der Waals surface area (Å²) in [4.78, 5) is 41.2. The first-order valence-electron chi connectivity index (χ1n) is 12.9. The number of carbonyl (C=O) groups excluding carboxylic acids is 3. The van der Waals surface area contributed by atoms with Gasteiger partial charge in [-0.1, -0.05) is 42.8 Å². The number of nitrogens with zero attached hydrogens (tertiary/aromatic N) is 1. The quantitative estimate of drug-likeness (QED) is 0.316. The number of unbranched alkanes of at least 4 members (excludes halogenated alkanes) is 1. The van der Waals surface area contributed by atoms with Gasteiger partial charge in [0.2, 0.25) is 11.8 Å². The maximum atomic E-state index is 13.5. The Morgan fingerprint density at radius 1 is 0.912 bits per heavy atom. The Morgan fingerprint density at radius 2 is 1.50 bits per heavy atom. The molecule has 34 heavy (non-hydrogen) atoms. The first kappa shape index (κ1) is 23.3. The van der Waals surface area contributed by atoms with Crippen LogP contribution in [0.15, 0.2) is 36.4 Å². The molecule has 2 saturated carbocycles. The van der Waals surface area contributed by atoms with Gasteiger partial charge in [-0.15, -0.1) is 0 Å². The minimum Gasteiger partial charge on any atom is -0.369 e. The van der Waals surface area contributed by atoms with Crippen molar-refractivity contribution in [2.45, 2.75) is 58.3 Å². The summed E-state index contributed by atoms with van der Waals surface area (Å²) in [5, 5.41) is 0. The van der Waals surface area contributed by atoms with Crippen LogP contribution in [0.1, 0.15) is 67.8 Å². The van der Waals surface area contributed by atoms with E-state index in [0.29, 0.717) is 18.4 Å². The van der Waals surface area contributed by atoms with E-state index in [-0.39, 0.29) is 28.9 Å². The Bertz CT molecular complexity index is 1020. The number of ketones is 1. The zero-order valence-corrected chi connectivity index (χ0v) is 20.2. The summed E-state index contributed by atoms with van der Waals surface area (Å²) in [5.41, 5.74) is 12.0. The number of nitrogens with two attached hydrogens (primary N) is 2. The maximum absolute atomic E-state index is 13.5. The first-order chi connectivity index (χ1) is 16.3. The van der Waals surface area contributed by atoms with Crippen molar-refractivity contribution in [1.29, 1.82) is 0 Å². The summed E-state index contributed by atoms with van der Waals surface area (Å²) in [7, 11) is 0. The lowest BCUT2D eigenvalue weighted by Crippen LogP contribution is -2.60. The average Bonchev–Trinajstić information content (AvgIpc) is 3.17. The second kappa shape index (κ2) is 8.33. The third-order valence-corrected chi connectivity index (χ3v) is 9.64. The van der Waals surface area contributed by atoms with Crippen LogP contribution in [0, 0.1) is 28.1 Å². The summed E-state index contributed by atoms with van der Waals surface area (Å²) >= 11 is 0. The predicted octanol–water partition coefficient (Wildman–Crippen LogP) is 3.24. The van der Waals surface area contributed by atoms with Crippen LogP contribution in [0.4, 0.5) is 0 Å². The summed E-state index contributed by atoms with van der Waals surface area (Å²) in [5.74, 6) is -0.889. The fourth-order valence-corrected chi connectivity index (χ4v) is 7.96. The molecule has 6 nitrogen and oxygen atoms in total. The Kier molecular flexibility index (Phi) is 5.70. The van der Waals surface area contributed by atoms with Crippen molar-refractivity contribution in [2.75, 3.05) is 19.6 Å². The zero-order valence-electron chi connectivity index (χ0n) is 20.2. The van der Waals surface area contributed by atoms with Gasteiger partial charge in [0, 0.05) is 5.56 Å². The number of rotatable bonds is 10. The molecular weight excluding hydrogens is 426 g/mol. The van der Waals surface area contributed by atoms with Gasteiger partial charge in [-0.2, -0.15) is 0 Å². The summed E-state index contributed by atoms with van der Waals surface area (Å²) in [6.07, 6.45) is 11.7. The van der Waals surface area contributed by atoms with Crippen LogP contribution in [-0.2, 0) is 16.0 Å². The molecule has 1 aromatic carbocycles. The van der Waals surface area contributed by atoms with E-state index in [0.717, 1.165) is 50.9 Å². The molecule has 1 aromatic rings. The summed E-state index contributed by atoms with van der Waals surface area (Å²) < 4.78 is 0. The Labute approximate surface area is 202 Å². The van der Waals surface area contributed by atoms with Crippen molar-refractivity contribution in [2.24, 2.45) is 39.5 Å². The number of Topliss-reactive ketones (excluding diaryl/α,β-unsaturated/α-hetero) is 1. The molecular formula is C28H37N3O3. The Hall–Kier alpha value is -2.47. The lowest BCUT2D eigenvalue weighted by atomic mass is 9.53. The molecule has 3 fully saturated rings. The third-order valence-electron chi connectivity index (χ3n) is 9.64. The van der Waals surface area contributed by atoms with Crippen molar-refractivity contribution in [3.05, 3.63) is 47.5 Å². The molecule has 2 amide bonds. The average molecular weight is 464 g/mol. The molecule has 5 rings (SSSR count). The molecule has 1 aliphatic heterocycles. The molecule has 0 radical (unpaired) electrons. The lowest BCUT2D eigenvalue weighted by Gasteiger charge is -2.48. The number of allylic oxidation sites excluding steroid dienone is 2. The molecule has 1 saturated heterocycles. The van der Waals surface area contributed by atoms with E-state index < -0.39 is 16.7 Å². The Balaban J connectivity index is 1.50. The van der Waals surface area contributed by atoms with Crippen molar-refractivity contribution in [3.8, 4) is 0 Å². The van der Waals surface area contributed by atoms with Crippen LogP contribution in [0.25, 0.3) is 0 Å². The molecule has 2 bridgehead atoms. The van der Waals surface area contributed by atoms with Crippen LogP contribution >= 0.6 is 0 Å². The number of primary amides is 2. The number of hydrogen-bond acceptors (Lipinski definition) is 4. The molecule has 4 N–H and O–H groups in total. The van der Waals surface area contributed by atoms with Gasteiger partial charge in [-0.25, -0.2) is 0 Å². The van der Waals surface area contributed by atoms with E-state index in [1.165, 1.54) is 19.8 Å². The smallest absolute Gasteiger partial charge is 0.225 e. The van der Waals surface area contributed by atoms with Crippen LogP contribution in [0.5, 0.6) is 0 Å². The van der Waals surface area contributed by atoms with Crippen molar-refractivity contribution in [3.63, 3.8) is 0 Å². The monoisotopic (exact) mass is 463 g/mol. The van der Waals surface area contributed by atoms with Crippen LogP contribution in [0.3, 0.4) is 0 Å². The number of likely N-dealkylation sites (tertiary alicyclic amines) is 1. The second-order valence-corrected chi connectivity index (χ2v) is 11.2. The van der Waals surface area contributed by atoms with Gasteiger partial charge >= 0.3 is 0 Å². The largest absolute Gasteiger partial charge is 0.369 e. The molecule has 1 spiro atoms. The standard InChI is InChI=1S/C28H37N3O3/c1-19(32)21-8-6-20(7-9-21)18-28(25(30)34)23-11-10-22(26(23)13-14-26)27(28,24(29)33)12-2-3-15-31-16-4-5-17-31/h6-11,22-23H,2-5,12-18H2,1H3,(H2,29,33)(H2,30,34)/t22-,23+,27+,28+/m1/s1. The summed E-state index contributed by atoms with van der Waals surface area (Å²) in [6, 6.07) is 7.39. The SMILES string of the molecule is CC(=O)c1ccc(C[C@@]2(C(N)=O)[C@H]3C=C[C@H](C34CC4)[C@@]2(CCCCN2CCCC2)C(N)=O)cc1. The van der Waals surface area contributed by atoms with Crippen LogP contribution < -0.4 is 11.5 Å². The minimum absolute atomic E-state index is 0.000407. The highest BCUT2D eigenvalue weighted by Crippen LogP contribution is 2.81. The summed E-state index contributed by atoms with van der Waals surface area (Å²) in [6.45, 7) is 4.87. The van der Waals surface area contributed by atoms with Gasteiger partial charge in [0.15, 0.2) is 5.78 Å². The highest BCUT2D eigenvalue weighted by molar-refractivity contribution is 5.96. The lowest BCUT2D eigenvalue weighted by molar-refractivity contribution is -0.151. The highest BCUT2D eigenvalue weighted by Gasteiger charge is 2.81. The van der Waals surface area contributed by atoms with Gasteiger partial charge in [0.05, 0.1) is 10.8 Å². The van der Waals surface area contributed by atoms with Crippen LogP contribution in [-0.4, -0.2) is 42.1 Å². The van der Waals surface area contributed by atoms with Gasteiger partial charge < -0.3 is 16.4 Å². The fraction of sp³-hybridized carbons (Fsp3) is 0.607. The van der Waals surface area contributed by atoms with E-state index in [1.807, 2.05) is 12.1 Å². The number of carbonyl (C=O) groups is 3. The molecule has 0 unspecified atom stereocenters. The zero-order chi connectivity index (χ0) is 24.1. The van der Waals surface area contributed by atoms with Crippen LogP contribution in [0.2, 0.25) is 0 Å². The fourth-order valence-electron chi connectivity index (χ4n) is 7.96. The maximum Gasteiger partial charge on any atom is 0.225 e. The number of amides is 2. The first-order valence-corrected chi connectivity index (χ1v) is 12.9. The highest BCUT2D eigenvalue weighted by atomic mass is 16.2. The van der Waals surface area contributed by atoms with Gasteiger partial charge in [0.1, 0.15) is 0 Å². The van der Waals surface area contributed by atoms with E-state index in [1.54, 1.807) is 12.1 Å². The normalized spacial score (nSPS) is 33.0. The topological polar surface area (TPSA) is 106 Å². The molecule has 4 atom stereocenters. The molecule has 4 aliphatic rings. The van der Waals surface area contributed by atoms with E-state index in [4.69, 9.17) is 11.5 Å². The molecule has 3 aliphatic carbocycles. The Morgan fingerprint density at radius 3 is 2.03 bits per heavy atom. The van der Waals surface area contributed by atoms with Crippen molar-refractivity contribution >= 4 is 17.6 Å². The van der Waals surface area contributed by atoms with E-state index in [9.17, 15) is 14.4 Å². The van der Waals surface area contributed by atoms with Crippen molar-refractivity contribution in [1.82, 2.24) is 4.90 Å². The van der Waals surface area contributed by atoms with Gasteiger partial charge in [-0.05, 0) is 94.3 Å². The number of hydrogen-bond donors (Lipinski definition) is 2. The van der Waals surface area contributed by atoms with Gasteiger partial charge in [0.25, 0.3) is 0 Å². The van der Waals surface area contributed by atoms with E-state index >= 15 is 0 Å². The van der Waals surface area contributed by atoms with E-state index in [2.05, 4.69) is 17.1 Å². The van der Waals surface area contributed by atoms with Crippen molar-refractivity contribution < 1.29 is 14.4 Å². The van der Waals surface area contributed by atoms with Gasteiger partial charge in [-0.3, -0.25) is 14.4 Å². The molecule has 6 heteroatoms. The second-order valence-electron chi connectivity index (χ2n) is 11.2. The third kappa shape index (κ3) is 3.21. The molecule has 1 heterocycles.